The Hall–Kier alpha value is -2.84. The summed E-state index contributed by atoms with van der Waals surface area (Å²) in [5.74, 6) is 0.828. The van der Waals surface area contributed by atoms with Gasteiger partial charge in [0.15, 0.2) is 5.82 Å². The van der Waals surface area contributed by atoms with Crippen LogP contribution in [0.15, 0.2) is 40.2 Å². The van der Waals surface area contributed by atoms with Gasteiger partial charge in [0.1, 0.15) is 5.39 Å². The van der Waals surface area contributed by atoms with E-state index in [2.05, 4.69) is 16.4 Å². The molecule has 1 aliphatic carbocycles. The number of aromatic nitrogens is 3. The lowest BCUT2D eigenvalue weighted by Gasteiger charge is -2.34. The van der Waals surface area contributed by atoms with Crippen LogP contribution in [-0.4, -0.2) is 35.2 Å². The van der Waals surface area contributed by atoms with E-state index in [1.54, 1.807) is 25.4 Å². The van der Waals surface area contributed by atoms with Crippen LogP contribution in [0.1, 0.15) is 30.9 Å². The molecule has 1 aromatic carbocycles. The van der Waals surface area contributed by atoms with Gasteiger partial charge in [-0.2, -0.15) is 10.4 Å². The maximum absolute atomic E-state index is 12.6. The molecule has 0 saturated heterocycles. The monoisotopic (exact) mass is 426 g/mol. The van der Waals surface area contributed by atoms with Crippen molar-refractivity contribution >= 4 is 33.2 Å². The zero-order chi connectivity index (χ0) is 21.0. The molecule has 2 aromatic heterocycles. The van der Waals surface area contributed by atoms with Crippen LogP contribution in [0.2, 0.25) is 0 Å². The number of pyridine rings is 1. The molecule has 156 valence electrons. The van der Waals surface area contributed by atoms with Crippen LogP contribution in [0.3, 0.4) is 0 Å². The first-order valence-electron chi connectivity index (χ1n) is 9.76. The van der Waals surface area contributed by atoms with Crippen molar-refractivity contribution in [2.75, 3.05) is 12.4 Å². The lowest BCUT2D eigenvalue weighted by molar-refractivity contribution is 0.399. The van der Waals surface area contributed by atoms with Gasteiger partial charge in [0.2, 0.25) is 0 Å². The fourth-order valence-corrected chi connectivity index (χ4v) is 5.53. The Kier molecular flexibility index (Phi) is 4.37. The average molecular weight is 427 g/mol. The minimum absolute atomic E-state index is 0.0588. The summed E-state index contributed by atoms with van der Waals surface area (Å²) >= 11 is 0. The minimum atomic E-state index is -2.93. The molecule has 5 rings (SSSR count). The molecule has 0 amide bonds. The van der Waals surface area contributed by atoms with Crippen LogP contribution in [-0.2, 0) is 6.54 Å². The number of benzene rings is 1. The van der Waals surface area contributed by atoms with Gasteiger partial charge in [-0.05, 0) is 48.6 Å². The van der Waals surface area contributed by atoms with Crippen LogP contribution in [0.25, 0.3) is 10.9 Å². The SMILES string of the molecule is CN1Cc2cc(Nc3nn([C@@H](CC#N)C4CC4)c4cc[nH]c(=O)c34)ccc2S1(O)O. The largest absolute Gasteiger partial charge is 0.338 e. The van der Waals surface area contributed by atoms with E-state index >= 15 is 0 Å². The van der Waals surface area contributed by atoms with E-state index in [9.17, 15) is 19.2 Å². The Balaban J connectivity index is 1.57. The summed E-state index contributed by atoms with van der Waals surface area (Å²) in [5.41, 5.74) is 1.98. The Morgan fingerprint density at radius 3 is 2.93 bits per heavy atom. The van der Waals surface area contributed by atoms with Crippen molar-refractivity contribution in [2.45, 2.75) is 36.7 Å². The van der Waals surface area contributed by atoms with Crippen molar-refractivity contribution in [3.05, 3.63) is 46.4 Å². The summed E-state index contributed by atoms with van der Waals surface area (Å²) in [6.45, 7) is 0.425. The van der Waals surface area contributed by atoms with Gasteiger partial charge in [-0.25, -0.2) is 4.31 Å². The van der Waals surface area contributed by atoms with E-state index < -0.39 is 10.8 Å². The summed E-state index contributed by atoms with van der Waals surface area (Å²) in [6, 6.07) is 9.30. The fourth-order valence-electron chi connectivity index (χ4n) is 4.15. The van der Waals surface area contributed by atoms with Crippen LogP contribution in [0.5, 0.6) is 0 Å². The molecule has 0 radical (unpaired) electrons. The van der Waals surface area contributed by atoms with Crippen molar-refractivity contribution in [3.8, 4) is 6.07 Å². The van der Waals surface area contributed by atoms with Gasteiger partial charge in [-0.15, -0.1) is 10.8 Å². The predicted molar refractivity (Wildman–Crippen MR) is 115 cm³/mol. The molecule has 0 unspecified atom stereocenters. The predicted octanol–water partition coefficient (Wildman–Crippen LogP) is 3.80. The number of nitriles is 1. The molecule has 3 heterocycles. The maximum Gasteiger partial charge on any atom is 0.261 e. The number of rotatable bonds is 5. The number of nitrogens with zero attached hydrogens (tertiary/aromatic N) is 4. The van der Waals surface area contributed by atoms with Gasteiger partial charge in [0.25, 0.3) is 5.56 Å². The fraction of sp³-hybridized carbons (Fsp3) is 0.350. The van der Waals surface area contributed by atoms with Crippen molar-refractivity contribution in [1.82, 2.24) is 19.1 Å². The minimum Gasteiger partial charge on any atom is -0.338 e. The third kappa shape index (κ3) is 2.98. The standard InChI is InChI=1S/C20H22N6O3S/c1-25-11-13-10-14(4-5-17(13)30(25,28)29)23-19-18-16(7-9-22-20(18)27)26(24-19)15(6-8-21)12-2-3-12/h4-5,7,9-10,12,15,28-29H,2-3,6,11H2,1H3,(H,22,27)(H,23,24)/t15-/m0/s1. The second-order valence-corrected chi connectivity index (χ2v) is 9.98. The first kappa shape index (κ1) is 19.1. The molecular formula is C20H22N6O3S. The summed E-state index contributed by atoms with van der Waals surface area (Å²) in [6.07, 6.45) is 4.06. The van der Waals surface area contributed by atoms with Crippen molar-refractivity contribution < 1.29 is 9.11 Å². The van der Waals surface area contributed by atoms with E-state index in [1.165, 1.54) is 4.31 Å². The molecule has 0 bridgehead atoms. The van der Waals surface area contributed by atoms with Crippen LogP contribution in [0.4, 0.5) is 11.5 Å². The quantitative estimate of drug-likeness (QED) is 0.488. The zero-order valence-electron chi connectivity index (χ0n) is 16.4. The van der Waals surface area contributed by atoms with E-state index in [1.807, 2.05) is 16.8 Å². The molecule has 3 aromatic rings. The number of aromatic amines is 1. The van der Waals surface area contributed by atoms with Crippen LogP contribution < -0.4 is 10.9 Å². The van der Waals surface area contributed by atoms with E-state index in [0.29, 0.717) is 46.2 Å². The highest BCUT2D eigenvalue weighted by atomic mass is 32.3. The number of H-pyrrole nitrogens is 1. The van der Waals surface area contributed by atoms with Crippen molar-refractivity contribution in [1.29, 1.82) is 5.26 Å². The molecule has 1 saturated carbocycles. The van der Waals surface area contributed by atoms with Crippen LogP contribution in [0, 0.1) is 17.2 Å². The van der Waals surface area contributed by atoms with Gasteiger partial charge < -0.3 is 10.3 Å². The average Bonchev–Trinajstić information content (AvgIpc) is 3.44. The molecule has 0 spiro atoms. The highest BCUT2D eigenvalue weighted by molar-refractivity contribution is 8.22. The number of hydrogen-bond acceptors (Lipinski definition) is 7. The summed E-state index contributed by atoms with van der Waals surface area (Å²) in [5, 5.41) is 17.6. The second kappa shape index (κ2) is 6.85. The van der Waals surface area contributed by atoms with Gasteiger partial charge in [-0.1, -0.05) is 0 Å². The molecule has 4 N–H and O–H groups in total. The number of nitrogens with one attached hydrogen (secondary N) is 2. The Morgan fingerprint density at radius 2 is 2.20 bits per heavy atom. The highest BCUT2D eigenvalue weighted by Crippen LogP contribution is 2.58. The normalized spacial score (nSPS) is 19.9. The van der Waals surface area contributed by atoms with Gasteiger partial charge >= 0.3 is 0 Å². The van der Waals surface area contributed by atoms with E-state index in [4.69, 9.17) is 5.10 Å². The molecule has 10 heteroatoms. The Morgan fingerprint density at radius 1 is 1.40 bits per heavy atom. The summed E-state index contributed by atoms with van der Waals surface area (Å²) in [7, 11) is -1.26. The van der Waals surface area contributed by atoms with Gasteiger partial charge in [0, 0.05) is 25.5 Å². The third-order valence-corrected chi connectivity index (χ3v) is 7.84. The Labute approximate surface area is 174 Å². The van der Waals surface area contributed by atoms with Gasteiger partial charge in [0.05, 0.1) is 28.9 Å². The lowest BCUT2D eigenvalue weighted by Crippen LogP contribution is -2.15. The molecule has 30 heavy (non-hydrogen) atoms. The first-order valence-corrected chi connectivity index (χ1v) is 11.3. The molecule has 1 atom stereocenters. The molecule has 2 aliphatic rings. The van der Waals surface area contributed by atoms with Crippen molar-refractivity contribution in [3.63, 3.8) is 0 Å². The first-order chi connectivity index (χ1) is 14.4. The Bertz CT molecular complexity index is 1240. The molecule has 9 nitrogen and oxygen atoms in total. The summed E-state index contributed by atoms with van der Waals surface area (Å²) < 4.78 is 23.9. The highest BCUT2D eigenvalue weighted by Gasteiger charge is 2.35. The number of hydrogen-bond donors (Lipinski definition) is 4. The third-order valence-electron chi connectivity index (χ3n) is 5.86. The lowest BCUT2D eigenvalue weighted by atomic mass is 10.1. The maximum atomic E-state index is 12.6. The van der Waals surface area contributed by atoms with E-state index in [0.717, 1.165) is 18.4 Å². The smallest absolute Gasteiger partial charge is 0.261 e. The number of anilines is 2. The molecule has 1 aliphatic heterocycles. The topological polar surface area (TPSA) is 130 Å². The zero-order valence-corrected chi connectivity index (χ0v) is 17.2. The second-order valence-electron chi connectivity index (χ2n) is 7.88. The summed E-state index contributed by atoms with van der Waals surface area (Å²) in [4.78, 5) is 15.8. The van der Waals surface area contributed by atoms with Crippen LogP contribution >= 0.6 is 10.8 Å². The van der Waals surface area contributed by atoms with Crippen molar-refractivity contribution in [2.24, 2.45) is 5.92 Å². The molecule has 1 fully saturated rings. The van der Waals surface area contributed by atoms with Gasteiger partial charge in [-0.3, -0.25) is 18.6 Å². The van der Waals surface area contributed by atoms with E-state index in [-0.39, 0.29) is 11.6 Å². The molecular weight excluding hydrogens is 404 g/mol. The number of fused-ring (bicyclic) bond motifs is 2.